The van der Waals surface area contributed by atoms with E-state index in [0.717, 1.165) is 23.0 Å². The van der Waals surface area contributed by atoms with Crippen LogP contribution in [-0.4, -0.2) is 63.5 Å². The van der Waals surface area contributed by atoms with Gasteiger partial charge in [-0.1, -0.05) is 0 Å². The molecule has 10 heteroatoms. The van der Waals surface area contributed by atoms with Crippen LogP contribution >= 0.6 is 0 Å². The van der Waals surface area contributed by atoms with Gasteiger partial charge in [0.15, 0.2) is 5.65 Å². The molecule has 0 spiro atoms. The molecule has 0 unspecified atom stereocenters. The maximum atomic E-state index is 11.9. The maximum absolute atomic E-state index is 11.9. The highest BCUT2D eigenvalue weighted by molar-refractivity contribution is 6.00. The average Bonchev–Trinajstić information content (AvgIpc) is 3.49. The summed E-state index contributed by atoms with van der Waals surface area (Å²) in [5.41, 5.74) is 8.68. The van der Waals surface area contributed by atoms with E-state index >= 15 is 0 Å². The second-order valence-electron chi connectivity index (χ2n) is 7.56. The predicted molar refractivity (Wildman–Crippen MR) is 115 cm³/mol. The lowest BCUT2D eigenvalue weighted by molar-refractivity contribution is 0.0370. The predicted octanol–water partition coefficient (Wildman–Crippen LogP) is 1.86. The minimum Gasteiger partial charge on any atom is -0.382 e. The van der Waals surface area contributed by atoms with Gasteiger partial charge in [-0.05, 0) is 18.6 Å². The van der Waals surface area contributed by atoms with E-state index < -0.39 is 5.91 Å². The number of nitrogens with two attached hydrogens (primary N) is 1. The lowest BCUT2D eigenvalue weighted by Crippen LogP contribution is -2.13. The molecule has 1 amide bonds. The van der Waals surface area contributed by atoms with Crippen LogP contribution in [0, 0.1) is 0 Å². The molecule has 5 heterocycles. The first kappa shape index (κ1) is 19.5. The molecule has 31 heavy (non-hydrogen) atoms. The zero-order valence-electron chi connectivity index (χ0n) is 17.3. The molecule has 1 aliphatic rings. The fraction of sp³-hybridized carbons (Fsp3) is 0.333. The van der Waals surface area contributed by atoms with Gasteiger partial charge >= 0.3 is 0 Å². The average molecular weight is 421 g/mol. The molecule has 0 radical (unpaired) electrons. The number of carbonyl (C=O) groups excluding carboxylic acids is 1. The molecule has 4 aromatic heterocycles. The van der Waals surface area contributed by atoms with Crippen molar-refractivity contribution in [3.05, 3.63) is 42.4 Å². The summed E-state index contributed by atoms with van der Waals surface area (Å²) in [4.78, 5) is 21.2. The summed E-state index contributed by atoms with van der Waals surface area (Å²) < 4.78 is 14.9. The van der Waals surface area contributed by atoms with Crippen LogP contribution in [0.25, 0.3) is 27.9 Å². The number of anilines is 1. The van der Waals surface area contributed by atoms with E-state index in [2.05, 4.69) is 26.2 Å². The van der Waals surface area contributed by atoms with Crippen molar-refractivity contribution in [2.75, 3.05) is 32.7 Å². The fourth-order valence-corrected chi connectivity index (χ4v) is 4.20. The van der Waals surface area contributed by atoms with Crippen molar-refractivity contribution in [1.29, 1.82) is 0 Å². The second kappa shape index (κ2) is 7.64. The molecular formula is C21H23N7O3. The van der Waals surface area contributed by atoms with Crippen molar-refractivity contribution in [2.45, 2.75) is 18.6 Å². The van der Waals surface area contributed by atoms with E-state index in [0.29, 0.717) is 30.4 Å². The number of rotatable bonds is 6. The minimum absolute atomic E-state index is 0.0647. The highest BCUT2D eigenvalue weighted by Gasteiger charge is 2.29. The molecule has 0 saturated carbocycles. The number of fused-ring (bicyclic) bond motifs is 2. The Labute approximate surface area is 178 Å². The number of primary amides is 1. The Kier molecular flexibility index (Phi) is 4.79. The molecule has 10 nitrogen and oxygen atoms in total. The highest BCUT2D eigenvalue weighted by Crippen LogP contribution is 2.35. The number of hydrogen-bond acceptors (Lipinski definition) is 7. The Morgan fingerprint density at radius 1 is 1.42 bits per heavy atom. The number of amides is 1. The van der Waals surface area contributed by atoms with E-state index in [9.17, 15) is 4.79 Å². The Bertz CT molecular complexity index is 1280. The van der Waals surface area contributed by atoms with Crippen LogP contribution in [-0.2, 0) is 9.47 Å². The molecule has 1 fully saturated rings. The van der Waals surface area contributed by atoms with Crippen LogP contribution in [0.5, 0.6) is 0 Å². The molecule has 1 aliphatic heterocycles. The zero-order chi connectivity index (χ0) is 21.5. The number of nitrogens with zero attached hydrogens (tertiary/aromatic N) is 5. The summed E-state index contributed by atoms with van der Waals surface area (Å²) in [5, 5.41) is 8.33. The van der Waals surface area contributed by atoms with E-state index in [1.807, 2.05) is 18.2 Å². The van der Waals surface area contributed by atoms with E-state index in [-0.39, 0.29) is 17.7 Å². The first-order chi connectivity index (χ1) is 15.1. The van der Waals surface area contributed by atoms with Crippen molar-refractivity contribution in [3.63, 3.8) is 0 Å². The van der Waals surface area contributed by atoms with Crippen LogP contribution in [0.3, 0.4) is 0 Å². The van der Waals surface area contributed by atoms with Gasteiger partial charge in [-0.25, -0.2) is 9.97 Å². The van der Waals surface area contributed by atoms with Crippen LogP contribution in [0.15, 0.2) is 36.8 Å². The second-order valence-corrected chi connectivity index (χ2v) is 7.56. The van der Waals surface area contributed by atoms with Crippen molar-refractivity contribution >= 4 is 28.4 Å². The molecule has 1 saturated heterocycles. The number of methoxy groups -OCH3 is 1. The Hall–Kier alpha value is -3.50. The standard InChI is InChI=1S/C21H23N7O3/c1-23-18-7-17(26-21-15(19(22)29)8-25-28(18)21)16-9-27(20-14(16)4-3-5-24-20)12-6-13(11-30-2)31-10-12/h3-5,7-9,12-13,23H,6,10-11H2,1-2H3,(H2,22,29)/t12-,13-/m1/s1. The monoisotopic (exact) mass is 421 g/mol. The molecular weight excluding hydrogens is 398 g/mol. The molecule has 0 bridgehead atoms. The molecule has 5 rings (SSSR count). The van der Waals surface area contributed by atoms with Gasteiger partial charge in [0.25, 0.3) is 5.91 Å². The lowest BCUT2D eigenvalue weighted by atomic mass is 10.1. The van der Waals surface area contributed by atoms with Crippen molar-refractivity contribution in [2.24, 2.45) is 5.73 Å². The van der Waals surface area contributed by atoms with Gasteiger partial charge in [-0.3, -0.25) is 4.79 Å². The van der Waals surface area contributed by atoms with Crippen molar-refractivity contribution < 1.29 is 14.3 Å². The summed E-state index contributed by atoms with van der Waals surface area (Å²) in [5.74, 6) is 0.125. The van der Waals surface area contributed by atoms with E-state index in [1.165, 1.54) is 6.20 Å². The largest absolute Gasteiger partial charge is 0.382 e. The van der Waals surface area contributed by atoms with Crippen LogP contribution in [0.4, 0.5) is 5.82 Å². The van der Waals surface area contributed by atoms with Crippen molar-refractivity contribution in [1.82, 2.24) is 24.1 Å². The van der Waals surface area contributed by atoms with Crippen molar-refractivity contribution in [3.8, 4) is 11.3 Å². The molecule has 2 atom stereocenters. The number of carbonyl (C=O) groups is 1. The molecule has 0 aliphatic carbocycles. The van der Waals surface area contributed by atoms with Gasteiger partial charge in [-0.15, -0.1) is 0 Å². The summed E-state index contributed by atoms with van der Waals surface area (Å²) in [6.45, 7) is 1.16. The van der Waals surface area contributed by atoms with Crippen LogP contribution in [0.2, 0.25) is 0 Å². The summed E-state index contributed by atoms with van der Waals surface area (Å²) >= 11 is 0. The Balaban J connectivity index is 1.67. The molecule has 160 valence electrons. The number of hydrogen-bond donors (Lipinski definition) is 2. The van der Waals surface area contributed by atoms with Gasteiger partial charge < -0.3 is 25.1 Å². The molecule has 0 aromatic carbocycles. The third kappa shape index (κ3) is 3.20. The van der Waals surface area contributed by atoms with Gasteiger partial charge in [0.1, 0.15) is 17.0 Å². The van der Waals surface area contributed by atoms with E-state index in [1.54, 1.807) is 24.9 Å². The lowest BCUT2D eigenvalue weighted by Gasteiger charge is -2.11. The first-order valence-electron chi connectivity index (χ1n) is 10.0. The number of aromatic nitrogens is 5. The van der Waals surface area contributed by atoms with Gasteiger partial charge in [0.05, 0.1) is 37.3 Å². The normalized spacial score (nSPS) is 18.8. The van der Waals surface area contributed by atoms with Crippen LogP contribution in [0.1, 0.15) is 22.8 Å². The van der Waals surface area contributed by atoms with Gasteiger partial charge in [0.2, 0.25) is 0 Å². The fourth-order valence-electron chi connectivity index (χ4n) is 4.20. The highest BCUT2D eigenvalue weighted by atomic mass is 16.5. The summed E-state index contributed by atoms with van der Waals surface area (Å²) in [7, 11) is 3.47. The quantitative estimate of drug-likeness (QED) is 0.487. The van der Waals surface area contributed by atoms with Gasteiger partial charge in [0, 0.05) is 43.6 Å². The summed E-state index contributed by atoms with van der Waals surface area (Å²) in [6.07, 6.45) is 6.18. The molecule has 3 N–H and O–H groups in total. The SMILES string of the molecule is CNc1cc(-c2cn([C@H]3CO[C@@H](COC)C3)c3ncccc23)nc2c(C(N)=O)cnn12. The maximum Gasteiger partial charge on any atom is 0.254 e. The molecule has 4 aromatic rings. The number of ether oxygens (including phenoxy) is 2. The summed E-state index contributed by atoms with van der Waals surface area (Å²) in [6, 6.07) is 5.97. The number of pyridine rings is 1. The third-order valence-corrected chi connectivity index (χ3v) is 5.66. The topological polar surface area (TPSA) is 122 Å². The smallest absolute Gasteiger partial charge is 0.254 e. The zero-order valence-corrected chi connectivity index (χ0v) is 17.3. The Morgan fingerprint density at radius 3 is 3.06 bits per heavy atom. The number of nitrogens with one attached hydrogen (secondary N) is 1. The first-order valence-corrected chi connectivity index (χ1v) is 10.0. The minimum atomic E-state index is -0.571. The van der Waals surface area contributed by atoms with Crippen LogP contribution < -0.4 is 11.1 Å². The van der Waals surface area contributed by atoms with Gasteiger partial charge in [-0.2, -0.15) is 9.61 Å². The Morgan fingerprint density at radius 2 is 2.29 bits per heavy atom. The van der Waals surface area contributed by atoms with E-state index in [4.69, 9.17) is 20.2 Å². The third-order valence-electron chi connectivity index (χ3n) is 5.66.